The van der Waals surface area contributed by atoms with Crippen LogP contribution in [0, 0.1) is 0 Å². The van der Waals surface area contributed by atoms with Gasteiger partial charge in [0.1, 0.15) is 0 Å². The van der Waals surface area contributed by atoms with E-state index >= 15 is 0 Å². The van der Waals surface area contributed by atoms with Gasteiger partial charge >= 0.3 is 0 Å². The number of nitrogens with zero attached hydrogens (tertiary/aromatic N) is 1. The van der Waals surface area contributed by atoms with Crippen LogP contribution in [0.1, 0.15) is 51.2 Å². The van der Waals surface area contributed by atoms with Gasteiger partial charge in [-0.25, -0.2) is 0 Å². The van der Waals surface area contributed by atoms with Crippen LogP contribution in [0.2, 0.25) is 0 Å². The van der Waals surface area contributed by atoms with Gasteiger partial charge < -0.3 is 15.7 Å². The number of aliphatic hydroxyl groups is 1. The van der Waals surface area contributed by atoms with Crippen molar-refractivity contribution in [1.29, 1.82) is 0 Å². The predicted octanol–water partition coefficient (Wildman–Crippen LogP) is 3.20. The van der Waals surface area contributed by atoms with Gasteiger partial charge in [-0.3, -0.25) is 0 Å². The molecule has 1 unspecified atom stereocenters. The molecule has 0 spiro atoms. The van der Waals surface area contributed by atoms with Gasteiger partial charge in [-0.15, -0.1) is 0 Å². The molecule has 0 bridgehead atoms. The van der Waals surface area contributed by atoms with E-state index in [1.165, 1.54) is 25.7 Å². The Kier molecular flexibility index (Phi) is 7.53. The highest BCUT2D eigenvalue weighted by molar-refractivity contribution is 5.41. The van der Waals surface area contributed by atoms with Crippen LogP contribution in [-0.4, -0.2) is 29.6 Å². The third-order valence-corrected chi connectivity index (χ3v) is 3.38. The summed E-state index contributed by atoms with van der Waals surface area (Å²) in [5.74, 6) is 0. The minimum Gasteiger partial charge on any atom is -0.399 e. The maximum atomic E-state index is 10.3. The Morgan fingerprint density at radius 1 is 1.16 bits per heavy atom. The molecule has 0 fully saturated rings. The lowest BCUT2D eigenvalue weighted by molar-refractivity contribution is 0.111. The molecule has 1 rings (SSSR count). The van der Waals surface area contributed by atoms with Crippen molar-refractivity contribution < 1.29 is 5.11 Å². The Morgan fingerprint density at radius 2 is 1.79 bits per heavy atom. The summed E-state index contributed by atoms with van der Waals surface area (Å²) < 4.78 is 0. The van der Waals surface area contributed by atoms with Crippen molar-refractivity contribution >= 4 is 5.69 Å². The first kappa shape index (κ1) is 16.0. The van der Waals surface area contributed by atoms with Crippen molar-refractivity contribution in [2.45, 2.75) is 45.6 Å². The molecular formula is C16H28N2O. The van der Waals surface area contributed by atoms with Gasteiger partial charge in [-0.05, 0) is 43.6 Å². The highest BCUT2D eigenvalue weighted by Gasteiger charge is 2.13. The van der Waals surface area contributed by atoms with Crippen molar-refractivity contribution in [1.82, 2.24) is 4.90 Å². The maximum Gasteiger partial charge on any atom is 0.0917 e. The second-order valence-electron chi connectivity index (χ2n) is 5.19. The number of unbranched alkanes of at least 4 members (excludes halogenated alkanes) is 2. The number of hydrogen-bond donors (Lipinski definition) is 2. The molecule has 108 valence electrons. The predicted molar refractivity (Wildman–Crippen MR) is 82.1 cm³/mol. The van der Waals surface area contributed by atoms with Crippen LogP contribution in [0.15, 0.2) is 24.3 Å². The van der Waals surface area contributed by atoms with Gasteiger partial charge in [0.2, 0.25) is 0 Å². The van der Waals surface area contributed by atoms with Crippen LogP contribution in [0.3, 0.4) is 0 Å². The van der Waals surface area contributed by atoms with Crippen molar-refractivity contribution in [3.05, 3.63) is 29.8 Å². The third-order valence-electron chi connectivity index (χ3n) is 3.38. The Morgan fingerprint density at radius 3 is 2.32 bits per heavy atom. The summed E-state index contributed by atoms with van der Waals surface area (Å²) in [7, 11) is 0. The van der Waals surface area contributed by atoms with E-state index in [2.05, 4.69) is 18.7 Å². The van der Waals surface area contributed by atoms with Crippen LogP contribution in [0.5, 0.6) is 0 Å². The first-order valence-electron chi connectivity index (χ1n) is 7.43. The molecule has 0 heterocycles. The third kappa shape index (κ3) is 6.08. The molecule has 1 aromatic rings. The van der Waals surface area contributed by atoms with E-state index in [9.17, 15) is 5.11 Å². The highest BCUT2D eigenvalue weighted by Crippen LogP contribution is 2.17. The molecule has 3 N–H and O–H groups in total. The minimum absolute atomic E-state index is 0.447. The molecule has 0 saturated heterocycles. The van der Waals surface area contributed by atoms with Crippen molar-refractivity contribution in [3.63, 3.8) is 0 Å². The van der Waals surface area contributed by atoms with E-state index in [0.29, 0.717) is 12.2 Å². The lowest BCUT2D eigenvalue weighted by atomic mass is 10.1. The van der Waals surface area contributed by atoms with E-state index in [0.717, 1.165) is 18.7 Å². The quantitative estimate of drug-likeness (QED) is 0.673. The Labute approximate surface area is 117 Å². The molecule has 0 aliphatic rings. The van der Waals surface area contributed by atoms with Crippen LogP contribution in [0.4, 0.5) is 5.69 Å². The smallest absolute Gasteiger partial charge is 0.0917 e. The lowest BCUT2D eigenvalue weighted by Gasteiger charge is -2.25. The summed E-state index contributed by atoms with van der Waals surface area (Å²) in [4.78, 5) is 2.36. The van der Waals surface area contributed by atoms with Crippen LogP contribution < -0.4 is 5.73 Å². The fourth-order valence-corrected chi connectivity index (χ4v) is 2.17. The van der Waals surface area contributed by atoms with E-state index in [1.807, 2.05) is 24.3 Å². The van der Waals surface area contributed by atoms with Gasteiger partial charge in [-0.1, -0.05) is 38.8 Å². The average Bonchev–Trinajstić information content (AvgIpc) is 2.41. The van der Waals surface area contributed by atoms with Crippen LogP contribution in [-0.2, 0) is 0 Å². The zero-order valence-corrected chi connectivity index (χ0v) is 12.3. The standard InChI is InChI=1S/C16H28N2O/c1-3-5-10-18(11-6-4-2)13-16(19)14-8-7-9-15(17)12-14/h7-9,12,16,19H,3-6,10-11,13,17H2,1-2H3. The zero-order valence-electron chi connectivity index (χ0n) is 12.3. The van der Waals surface area contributed by atoms with Crippen molar-refractivity contribution in [2.24, 2.45) is 0 Å². The molecule has 0 aliphatic carbocycles. The van der Waals surface area contributed by atoms with Crippen LogP contribution in [0.25, 0.3) is 0 Å². The van der Waals surface area contributed by atoms with Gasteiger partial charge in [0.25, 0.3) is 0 Å². The molecule has 0 aliphatic heterocycles. The monoisotopic (exact) mass is 264 g/mol. The molecule has 0 aromatic heterocycles. The summed E-state index contributed by atoms with van der Waals surface area (Å²) in [6.07, 6.45) is 4.31. The number of nitrogen functional groups attached to an aromatic ring is 1. The molecule has 19 heavy (non-hydrogen) atoms. The Bertz CT molecular complexity index is 346. The number of benzene rings is 1. The average molecular weight is 264 g/mol. The summed E-state index contributed by atoms with van der Waals surface area (Å²) in [5, 5.41) is 10.3. The maximum absolute atomic E-state index is 10.3. The molecule has 1 atom stereocenters. The minimum atomic E-state index is -0.447. The van der Waals surface area contributed by atoms with E-state index in [1.54, 1.807) is 0 Å². The molecule has 3 heteroatoms. The zero-order chi connectivity index (χ0) is 14.1. The van der Waals surface area contributed by atoms with Gasteiger partial charge in [0.15, 0.2) is 0 Å². The number of hydrogen-bond acceptors (Lipinski definition) is 3. The van der Waals surface area contributed by atoms with E-state index < -0.39 is 6.10 Å². The first-order valence-corrected chi connectivity index (χ1v) is 7.43. The Hall–Kier alpha value is -1.06. The largest absolute Gasteiger partial charge is 0.399 e. The summed E-state index contributed by atoms with van der Waals surface area (Å²) in [5.41, 5.74) is 7.39. The van der Waals surface area contributed by atoms with Crippen molar-refractivity contribution in [2.75, 3.05) is 25.4 Å². The van der Waals surface area contributed by atoms with E-state index in [-0.39, 0.29) is 0 Å². The summed E-state index contributed by atoms with van der Waals surface area (Å²) in [6, 6.07) is 7.56. The van der Waals surface area contributed by atoms with Gasteiger partial charge in [-0.2, -0.15) is 0 Å². The number of aliphatic hydroxyl groups excluding tert-OH is 1. The van der Waals surface area contributed by atoms with Gasteiger partial charge in [0.05, 0.1) is 6.10 Å². The molecule has 0 saturated carbocycles. The van der Waals surface area contributed by atoms with Crippen molar-refractivity contribution in [3.8, 4) is 0 Å². The first-order chi connectivity index (χ1) is 9.17. The number of nitrogens with two attached hydrogens (primary N) is 1. The SMILES string of the molecule is CCCCN(CCCC)CC(O)c1cccc(N)c1. The fraction of sp³-hybridized carbons (Fsp3) is 0.625. The fourth-order valence-electron chi connectivity index (χ4n) is 2.17. The van der Waals surface area contributed by atoms with Crippen LogP contribution >= 0.6 is 0 Å². The van der Waals surface area contributed by atoms with Gasteiger partial charge in [0, 0.05) is 12.2 Å². The summed E-state index contributed by atoms with van der Waals surface area (Å²) in [6.45, 7) is 7.23. The highest BCUT2D eigenvalue weighted by atomic mass is 16.3. The lowest BCUT2D eigenvalue weighted by Crippen LogP contribution is -2.30. The number of rotatable bonds is 9. The second kappa shape index (κ2) is 8.94. The van der Waals surface area contributed by atoms with E-state index in [4.69, 9.17) is 5.73 Å². The topological polar surface area (TPSA) is 49.5 Å². The summed E-state index contributed by atoms with van der Waals surface area (Å²) >= 11 is 0. The normalized spacial score (nSPS) is 12.8. The molecule has 1 aromatic carbocycles. The molecular weight excluding hydrogens is 236 g/mol. The molecule has 3 nitrogen and oxygen atoms in total. The molecule has 0 radical (unpaired) electrons. The second-order valence-corrected chi connectivity index (χ2v) is 5.19. The Balaban J connectivity index is 2.56. The molecule has 0 amide bonds. The number of anilines is 1.